The number of rotatable bonds is 5. The highest BCUT2D eigenvalue weighted by atomic mass is 32.1. The Morgan fingerprint density at radius 3 is 2.56 bits per heavy atom. The Labute approximate surface area is 215 Å². The summed E-state index contributed by atoms with van der Waals surface area (Å²) in [6.07, 6.45) is 0.928. The van der Waals surface area contributed by atoms with Crippen molar-refractivity contribution in [1.82, 2.24) is 14.4 Å². The fourth-order valence-electron chi connectivity index (χ4n) is 5.65. The minimum absolute atomic E-state index is 0.00752. The molecule has 0 bridgehead atoms. The molecule has 0 N–H and O–H groups in total. The third-order valence-electron chi connectivity index (χ3n) is 7.84. The van der Waals surface area contributed by atoms with Crippen LogP contribution in [0.2, 0.25) is 0 Å². The van der Waals surface area contributed by atoms with Gasteiger partial charge in [0.05, 0.1) is 0 Å². The molecular weight excluding hydrogens is 466 g/mol. The minimum Gasteiger partial charge on any atom is -0.336 e. The van der Waals surface area contributed by atoms with Crippen LogP contribution in [0, 0.1) is 12.8 Å². The average Bonchev–Trinajstić information content (AvgIpc) is 3.44. The van der Waals surface area contributed by atoms with Crippen LogP contribution in [0.25, 0.3) is 10.2 Å². The van der Waals surface area contributed by atoms with Crippen molar-refractivity contribution in [3.05, 3.63) is 94.5 Å². The lowest BCUT2D eigenvalue weighted by Gasteiger charge is -2.40. The molecule has 0 unspecified atom stereocenters. The first-order valence-electron chi connectivity index (χ1n) is 12.8. The summed E-state index contributed by atoms with van der Waals surface area (Å²) in [5.74, 6) is 0.713. The number of amides is 2. The zero-order chi connectivity index (χ0) is 24.8. The van der Waals surface area contributed by atoms with E-state index in [1.807, 2.05) is 40.1 Å². The lowest BCUT2D eigenvalue weighted by molar-refractivity contribution is -0.136. The Bertz CT molecular complexity index is 1420. The normalized spacial score (nSPS) is 21.7. The predicted molar refractivity (Wildman–Crippen MR) is 144 cm³/mol. The van der Waals surface area contributed by atoms with E-state index in [1.54, 1.807) is 11.3 Å². The third kappa shape index (κ3) is 4.13. The van der Waals surface area contributed by atoms with Gasteiger partial charge in [0, 0.05) is 43.5 Å². The summed E-state index contributed by atoms with van der Waals surface area (Å²) >= 11 is 1.68. The van der Waals surface area contributed by atoms with Crippen molar-refractivity contribution in [1.29, 1.82) is 0 Å². The van der Waals surface area contributed by atoms with Gasteiger partial charge in [-0.05, 0) is 60.4 Å². The number of aryl methyl sites for hydroxylation is 1. The van der Waals surface area contributed by atoms with Gasteiger partial charge >= 0.3 is 0 Å². The van der Waals surface area contributed by atoms with Gasteiger partial charge in [-0.2, -0.15) is 0 Å². The van der Waals surface area contributed by atoms with Crippen LogP contribution < -0.4 is 0 Å². The number of aromatic nitrogens is 1. The van der Waals surface area contributed by atoms with Crippen molar-refractivity contribution < 1.29 is 9.59 Å². The predicted octanol–water partition coefficient (Wildman–Crippen LogP) is 5.54. The van der Waals surface area contributed by atoms with Crippen LogP contribution in [-0.4, -0.2) is 51.9 Å². The largest absolute Gasteiger partial charge is 0.336 e. The molecule has 2 aliphatic rings. The highest BCUT2D eigenvalue weighted by Gasteiger charge is 2.47. The van der Waals surface area contributed by atoms with Crippen molar-refractivity contribution in [2.75, 3.05) is 19.6 Å². The number of nitrogens with zero attached hydrogens (tertiary/aromatic N) is 3. The van der Waals surface area contributed by atoms with Crippen molar-refractivity contribution in [2.24, 2.45) is 5.92 Å². The first-order valence-corrected chi connectivity index (χ1v) is 13.6. The molecule has 1 saturated carbocycles. The van der Waals surface area contributed by atoms with Gasteiger partial charge < -0.3 is 14.4 Å². The first-order chi connectivity index (χ1) is 17.5. The van der Waals surface area contributed by atoms with Gasteiger partial charge in [0.15, 0.2) is 0 Å². The Morgan fingerprint density at radius 1 is 1.00 bits per heavy atom. The third-order valence-corrected chi connectivity index (χ3v) is 8.80. The van der Waals surface area contributed by atoms with Crippen molar-refractivity contribution in [3.8, 4) is 0 Å². The number of thiophene rings is 1. The molecule has 0 radical (unpaired) electrons. The molecule has 5 nitrogen and oxygen atoms in total. The molecular formula is C30H31N3O2S. The summed E-state index contributed by atoms with van der Waals surface area (Å²) in [5.41, 5.74) is 4.44. The number of hydrogen-bond acceptors (Lipinski definition) is 3. The number of hydrogen-bond donors (Lipinski definition) is 0. The van der Waals surface area contributed by atoms with Crippen molar-refractivity contribution in [2.45, 2.75) is 38.8 Å². The zero-order valence-corrected chi connectivity index (χ0v) is 21.6. The Balaban J connectivity index is 1.17. The molecule has 6 heteroatoms. The molecule has 6 rings (SSSR count). The zero-order valence-electron chi connectivity index (χ0n) is 20.8. The van der Waals surface area contributed by atoms with Crippen LogP contribution in [0.3, 0.4) is 0 Å². The fourth-order valence-corrected chi connectivity index (χ4v) is 6.54. The Kier molecular flexibility index (Phi) is 5.92. The monoisotopic (exact) mass is 497 g/mol. The second kappa shape index (κ2) is 9.25. The van der Waals surface area contributed by atoms with Crippen LogP contribution >= 0.6 is 11.3 Å². The molecule has 3 heterocycles. The number of piperazine rings is 1. The smallest absolute Gasteiger partial charge is 0.270 e. The van der Waals surface area contributed by atoms with Gasteiger partial charge in [-0.3, -0.25) is 9.59 Å². The quantitative estimate of drug-likeness (QED) is 0.364. The van der Waals surface area contributed by atoms with Gasteiger partial charge in [0.1, 0.15) is 10.5 Å². The topological polar surface area (TPSA) is 45.6 Å². The highest BCUT2D eigenvalue weighted by Crippen LogP contribution is 2.48. The highest BCUT2D eigenvalue weighted by molar-refractivity contribution is 7.16. The molecule has 2 aromatic heterocycles. The van der Waals surface area contributed by atoms with E-state index in [4.69, 9.17) is 0 Å². The van der Waals surface area contributed by atoms with Gasteiger partial charge in [0.2, 0.25) is 5.91 Å². The fraction of sp³-hybridized carbons (Fsp3) is 0.333. The molecule has 184 valence electrons. The van der Waals surface area contributed by atoms with E-state index < -0.39 is 0 Å². The van der Waals surface area contributed by atoms with Gasteiger partial charge in [-0.15, -0.1) is 11.3 Å². The van der Waals surface area contributed by atoms with Crippen LogP contribution in [0.5, 0.6) is 0 Å². The average molecular weight is 498 g/mol. The van der Waals surface area contributed by atoms with E-state index in [1.165, 1.54) is 16.7 Å². The second-order valence-electron chi connectivity index (χ2n) is 10.2. The van der Waals surface area contributed by atoms with E-state index in [-0.39, 0.29) is 23.8 Å². The van der Waals surface area contributed by atoms with Crippen LogP contribution in [0.15, 0.2) is 72.1 Å². The van der Waals surface area contributed by atoms with E-state index in [9.17, 15) is 9.59 Å². The lowest BCUT2D eigenvalue weighted by Crippen LogP contribution is -2.56. The summed E-state index contributed by atoms with van der Waals surface area (Å²) in [7, 11) is 0. The summed E-state index contributed by atoms with van der Waals surface area (Å²) in [6, 6.07) is 22.8. The molecule has 1 saturated heterocycles. The molecule has 2 fully saturated rings. The maximum atomic E-state index is 13.8. The molecule has 2 amide bonds. The SMILES string of the molecule is Cc1ccccc1Cn1c(C(=O)N2CCN(C(=O)[C@@H]3C[C@H]3c3ccccc3)[C@H](C)C2)cc2ccsc21. The van der Waals surface area contributed by atoms with Crippen LogP contribution in [0.4, 0.5) is 0 Å². The summed E-state index contributed by atoms with van der Waals surface area (Å²) in [5, 5.41) is 3.19. The van der Waals surface area contributed by atoms with Crippen molar-refractivity contribution >= 4 is 33.4 Å². The Morgan fingerprint density at radius 2 is 1.78 bits per heavy atom. The van der Waals surface area contributed by atoms with Crippen molar-refractivity contribution in [3.63, 3.8) is 0 Å². The van der Waals surface area contributed by atoms with Gasteiger partial charge in [0.25, 0.3) is 5.91 Å². The molecule has 2 aromatic carbocycles. The number of fused-ring (bicyclic) bond motifs is 1. The second-order valence-corrected chi connectivity index (χ2v) is 11.1. The number of carbonyl (C=O) groups is 2. The minimum atomic E-state index is 0.00752. The summed E-state index contributed by atoms with van der Waals surface area (Å²) < 4.78 is 2.17. The number of carbonyl (C=O) groups excluding carboxylic acids is 2. The summed E-state index contributed by atoms with van der Waals surface area (Å²) in [4.78, 5) is 32.1. The lowest BCUT2D eigenvalue weighted by atomic mass is 10.1. The Hall–Kier alpha value is -3.38. The molecule has 4 aromatic rings. The molecule has 3 atom stereocenters. The van der Waals surface area contributed by atoms with Gasteiger partial charge in [-0.25, -0.2) is 0 Å². The molecule has 36 heavy (non-hydrogen) atoms. The van der Waals surface area contributed by atoms with Crippen LogP contribution in [0.1, 0.15) is 46.4 Å². The molecule has 1 aliphatic heterocycles. The number of benzene rings is 2. The molecule has 1 aliphatic carbocycles. The van der Waals surface area contributed by atoms with E-state index in [0.29, 0.717) is 32.1 Å². The molecule has 0 spiro atoms. The standard InChI is InChI=1S/C30H31N3O2S/c1-20-8-6-7-11-24(20)19-33-27(16-23-12-15-36-30(23)33)29(35)31-13-14-32(21(2)18-31)28(34)26-17-25(26)22-9-4-3-5-10-22/h3-12,15-16,21,25-26H,13-14,17-19H2,1-2H3/t21-,25+,26-/m1/s1. The maximum absolute atomic E-state index is 13.8. The van der Waals surface area contributed by atoms with E-state index >= 15 is 0 Å². The van der Waals surface area contributed by atoms with Gasteiger partial charge in [-0.1, -0.05) is 54.6 Å². The van der Waals surface area contributed by atoms with E-state index in [0.717, 1.165) is 22.3 Å². The van der Waals surface area contributed by atoms with E-state index in [2.05, 4.69) is 60.2 Å². The summed E-state index contributed by atoms with van der Waals surface area (Å²) in [6.45, 7) is 6.59. The first kappa shape index (κ1) is 23.0. The maximum Gasteiger partial charge on any atom is 0.270 e. The van der Waals surface area contributed by atoms with Crippen LogP contribution in [-0.2, 0) is 11.3 Å².